The maximum atomic E-state index is 12.2. The Balaban J connectivity index is 2.68. The van der Waals surface area contributed by atoms with E-state index in [-0.39, 0.29) is 11.9 Å². The Morgan fingerprint density at radius 2 is 1.78 bits per heavy atom. The number of ether oxygens (including phenoxy) is 3. The second-order valence-corrected chi connectivity index (χ2v) is 4.00. The average Bonchev–Trinajstić information content (AvgIpc) is 2.43. The first kappa shape index (κ1) is 14.8. The van der Waals surface area contributed by atoms with Crippen LogP contribution in [0.25, 0.3) is 0 Å². The van der Waals surface area contributed by atoms with Gasteiger partial charge in [0.05, 0.1) is 12.7 Å². The molecule has 2 unspecified atom stereocenters. The van der Waals surface area contributed by atoms with Crippen molar-refractivity contribution in [3.05, 3.63) is 35.9 Å². The maximum absolute atomic E-state index is 12.2. The van der Waals surface area contributed by atoms with Gasteiger partial charge in [-0.05, 0) is 0 Å². The molecule has 100 valence electrons. The van der Waals surface area contributed by atoms with Crippen LogP contribution >= 0.6 is 0 Å². The molecule has 0 aliphatic carbocycles. The van der Waals surface area contributed by atoms with Crippen LogP contribution in [0.15, 0.2) is 30.3 Å². The molecule has 1 aromatic carbocycles. The molecule has 1 aromatic rings. The topological polar surface area (TPSA) is 44.8 Å². The van der Waals surface area contributed by atoms with Crippen LogP contribution in [-0.2, 0) is 14.2 Å². The quantitative estimate of drug-likeness (QED) is 0.663. The van der Waals surface area contributed by atoms with Gasteiger partial charge in [0.25, 0.3) is 0 Å². The van der Waals surface area contributed by atoms with E-state index in [1.807, 2.05) is 18.2 Å². The molecule has 1 rings (SSSR count). The van der Waals surface area contributed by atoms with E-state index in [0.717, 1.165) is 0 Å². The zero-order valence-electron chi connectivity index (χ0n) is 11.1. The molecule has 0 saturated heterocycles. The van der Waals surface area contributed by atoms with Crippen molar-refractivity contribution in [2.24, 2.45) is 0 Å². The van der Waals surface area contributed by atoms with Crippen molar-refractivity contribution in [3.63, 3.8) is 0 Å². The summed E-state index contributed by atoms with van der Waals surface area (Å²) < 4.78 is 15.5. The average molecular weight is 252 g/mol. The summed E-state index contributed by atoms with van der Waals surface area (Å²) >= 11 is 0. The number of methoxy groups -OCH3 is 3. The first-order chi connectivity index (χ1) is 8.72. The van der Waals surface area contributed by atoms with E-state index in [1.165, 1.54) is 7.11 Å². The molecule has 0 aliphatic rings. The zero-order chi connectivity index (χ0) is 13.4. The standard InChI is InChI=1S/C14H20O4/c1-16-10-12(17-2)9-13(18-3)14(15)11-7-5-4-6-8-11/h4-8,12-13H,9-10H2,1-3H3. The van der Waals surface area contributed by atoms with Gasteiger partial charge in [-0.2, -0.15) is 0 Å². The Kier molecular flexibility index (Phi) is 6.57. The fraction of sp³-hybridized carbons (Fsp3) is 0.500. The van der Waals surface area contributed by atoms with Crippen LogP contribution in [0.5, 0.6) is 0 Å². The Morgan fingerprint density at radius 3 is 2.28 bits per heavy atom. The number of hydrogen-bond acceptors (Lipinski definition) is 4. The summed E-state index contributed by atoms with van der Waals surface area (Å²) in [6.45, 7) is 0.443. The van der Waals surface area contributed by atoms with Gasteiger partial charge in [-0.25, -0.2) is 0 Å². The molecular weight excluding hydrogens is 232 g/mol. The van der Waals surface area contributed by atoms with E-state index in [0.29, 0.717) is 18.6 Å². The lowest BCUT2D eigenvalue weighted by Gasteiger charge is -2.20. The smallest absolute Gasteiger partial charge is 0.191 e. The molecule has 2 atom stereocenters. The largest absolute Gasteiger partial charge is 0.382 e. The number of hydrogen-bond donors (Lipinski definition) is 0. The second kappa shape index (κ2) is 7.97. The molecule has 0 radical (unpaired) electrons. The summed E-state index contributed by atoms with van der Waals surface area (Å²) in [6, 6.07) is 9.12. The third kappa shape index (κ3) is 4.22. The number of benzene rings is 1. The minimum Gasteiger partial charge on any atom is -0.382 e. The van der Waals surface area contributed by atoms with Crippen LogP contribution in [0, 0.1) is 0 Å². The predicted octanol–water partition coefficient (Wildman–Crippen LogP) is 1.94. The molecule has 0 bridgehead atoms. The van der Waals surface area contributed by atoms with Crippen molar-refractivity contribution in [1.82, 2.24) is 0 Å². The summed E-state index contributed by atoms with van der Waals surface area (Å²) in [5.41, 5.74) is 0.650. The Hall–Kier alpha value is -1.23. The van der Waals surface area contributed by atoms with E-state index in [2.05, 4.69) is 0 Å². The van der Waals surface area contributed by atoms with Crippen molar-refractivity contribution in [2.75, 3.05) is 27.9 Å². The molecule has 0 heterocycles. The first-order valence-electron chi connectivity index (χ1n) is 5.86. The highest BCUT2D eigenvalue weighted by molar-refractivity contribution is 5.99. The van der Waals surface area contributed by atoms with Gasteiger partial charge in [-0.15, -0.1) is 0 Å². The maximum Gasteiger partial charge on any atom is 0.191 e. The number of rotatable bonds is 8. The fourth-order valence-electron chi connectivity index (χ4n) is 1.76. The predicted molar refractivity (Wildman–Crippen MR) is 68.9 cm³/mol. The van der Waals surface area contributed by atoms with Gasteiger partial charge in [0.1, 0.15) is 6.10 Å². The minimum atomic E-state index is -0.507. The van der Waals surface area contributed by atoms with Crippen LogP contribution in [0.2, 0.25) is 0 Å². The highest BCUT2D eigenvalue weighted by Gasteiger charge is 2.23. The van der Waals surface area contributed by atoms with E-state index >= 15 is 0 Å². The molecule has 4 nitrogen and oxygen atoms in total. The molecule has 0 amide bonds. The van der Waals surface area contributed by atoms with Crippen molar-refractivity contribution >= 4 is 5.78 Å². The van der Waals surface area contributed by atoms with Crippen molar-refractivity contribution in [2.45, 2.75) is 18.6 Å². The van der Waals surface area contributed by atoms with E-state index < -0.39 is 6.10 Å². The molecule has 0 spiro atoms. The fourth-order valence-corrected chi connectivity index (χ4v) is 1.76. The van der Waals surface area contributed by atoms with Crippen molar-refractivity contribution < 1.29 is 19.0 Å². The van der Waals surface area contributed by atoms with E-state index in [9.17, 15) is 4.79 Å². The normalized spacial score (nSPS) is 14.2. The Labute approximate surface area is 108 Å². The van der Waals surface area contributed by atoms with Crippen LogP contribution in [0.4, 0.5) is 0 Å². The number of ketones is 1. The first-order valence-corrected chi connectivity index (χ1v) is 5.86. The van der Waals surface area contributed by atoms with Crippen molar-refractivity contribution in [1.29, 1.82) is 0 Å². The molecular formula is C14H20O4. The monoisotopic (exact) mass is 252 g/mol. The highest BCUT2D eigenvalue weighted by Crippen LogP contribution is 2.12. The van der Waals surface area contributed by atoms with Gasteiger partial charge in [-0.1, -0.05) is 30.3 Å². The van der Waals surface area contributed by atoms with Crippen LogP contribution in [0.1, 0.15) is 16.8 Å². The lowest BCUT2D eigenvalue weighted by molar-refractivity contribution is -0.0102. The second-order valence-electron chi connectivity index (χ2n) is 4.00. The Bertz CT molecular complexity index is 350. The summed E-state index contributed by atoms with van der Waals surface area (Å²) in [4.78, 5) is 12.2. The lowest BCUT2D eigenvalue weighted by atomic mass is 10.0. The van der Waals surface area contributed by atoms with Gasteiger partial charge in [-0.3, -0.25) is 4.79 Å². The molecule has 0 N–H and O–H groups in total. The molecule has 18 heavy (non-hydrogen) atoms. The van der Waals surface area contributed by atoms with E-state index in [4.69, 9.17) is 14.2 Å². The summed E-state index contributed by atoms with van der Waals surface area (Å²) in [6.07, 6.45) is -0.172. The van der Waals surface area contributed by atoms with Gasteiger partial charge in [0.2, 0.25) is 0 Å². The number of Topliss-reactive ketones (excluding diaryl/α,β-unsaturated/α-hetero) is 1. The Morgan fingerprint density at radius 1 is 1.11 bits per heavy atom. The molecule has 4 heteroatoms. The van der Waals surface area contributed by atoms with Crippen LogP contribution < -0.4 is 0 Å². The number of carbonyl (C=O) groups excluding carboxylic acids is 1. The summed E-state index contributed by atoms with van der Waals surface area (Å²) in [5, 5.41) is 0. The SMILES string of the molecule is COCC(CC(OC)C(=O)c1ccccc1)OC. The van der Waals surface area contributed by atoms with Crippen LogP contribution in [-0.4, -0.2) is 45.9 Å². The summed E-state index contributed by atoms with van der Waals surface area (Å²) in [7, 11) is 4.74. The molecule has 0 aromatic heterocycles. The lowest BCUT2D eigenvalue weighted by Crippen LogP contribution is -2.31. The molecule has 0 fully saturated rings. The van der Waals surface area contributed by atoms with E-state index in [1.54, 1.807) is 26.4 Å². The van der Waals surface area contributed by atoms with Gasteiger partial charge in [0, 0.05) is 33.3 Å². The number of carbonyl (C=O) groups is 1. The van der Waals surface area contributed by atoms with Gasteiger partial charge in [0.15, 0.2) is 5.78 Å². The highest BCUT2D eigenvalue weighted by atomic mass is 16.5. The molecule has 0 aliphatic heterocycles. The zero-order valence-corrected chi connectivity index (χ0v) is 11.1. The van der Waals surface area contributed by atoms with Crippen molar-refractivity contribution in [3.8, 4) is 0 Å². The third-order valence-corrected chi connectivity index (χ3v) is 2.80. The minimum absolute atomic E-state index is 0.0312. The van der Waals surface area contributed by atoms with Gasteiger partial charge >= 0.3 is 0 Å². The molecule has 0 saturated carbocycles. The third-order valence-electron chi connectivity index (χ3n) is 2.80. The van der Waals surface area contributed by atoms with Gasteiger partial charge < -0.3 is 14.2 Å². The van der Waals surface area contributed by atoms with Crippen LogP contribution in [0.3, 0.4) is 0 Å². The summed E-state index contributed by atoms with van der Waals surface area (Å²) in [5.74, 6) is -0.0312.